The predicted octanol–water partition coefficient (Wildman–Crippen LogP) is 3.37. The van der Waals surface area contributed by atoms with E-state index < -0.39 is 0 Å². The Bertz CT molecular complexity index is 377. The lowest BCUT2D eigenvalue weighted by molar-refractivity contribution is -0.121. The third-order valence-electron chi connectivity index (χ3n) is 3.19. The fraction of sp³-hybridized carbons (Fsp3) is 0.692. The van der Waals surface area contributed by atoms with Gasteiger partial charge in [0.25, 0.3) is 0 Å². The number of carbonyl (C=O) groups excluding carboxylic acids is 1. The van der Waals surface area contributed by atoms with Crippen LogP contribution in [0.4, 0.5) is 0 Å². The zero-order valence-electron chi connectivity index (χ0n) is 11.2. The number of rotatable bonds is 7. The van der Waals surface area contributed by atoms with Crippen molar-refractivity contribution in [3.63, 3.8) is 0 Å². The van der Waals surface area contributed by atoms with Crippen LogP contribution in [0.15, 0.2) is 5.38 Å². The Morgan fingerprint density at radius 2 is 2.17 bits per heavy atom. The largest absolute Gasteiger partial charge is 0.353 e. The van der Waals surface area contributed by atoms with Crippen molar-refractivity contribution >= 4 is 28.8 Å². The van der Waals surface area contributed by atoms with Crippen molar-refractivity contribution in [1.29, 1.82) is 0 Å². The average Bonchev–Trinajstić information content (AvgIpc) is 2.78. The number of halogens is 1. The first kappa shape index (κ1) is 15.4. The molecule has 1 N–H and O–H groups in total. The summed E-state index contributed by atoms with van der Waals surface area (Å²) in [6.45, 7) is 6.39. The smallest absolute Gasteiger partial charge is 0.227 e. The first-order valence-corrected chi connectivity index (χ1v) is 7.80. The Labute approximate surface area is 118 Å². The number of alkyl halides is 1. The van der Waals surface area contributed by atoms with Gasteiger partial charge in [-0.2, -0.15) is 0 Å². The highest BCUT2D eigenvalue weighted by Gasteiger charge is 2.16. The standard InChI is InChI=1S/C13H21ClN2OS/c1-4-10(5-2)9(3)15-12(17)6-13-16-11(7-14)8-18-13/h8-10H,4-7H2,1-3H3,(H,15,17). The van der Waals surface area contributed by atoms with E-state index in [1.165, 1.54) is 11.3 Å². The quantitative estimate of drug-likeness (QED) is 0.782. The highest BCUT2D eigenvalue weighted by Crippen LogP contribution is 2.14. The highest BCUT2D eigenvalue weighted by atomic mass is 35.5. The molecule has 0 fully saturated rings. The third kappa shape index (κ3) is 4.58. The summed E-state index contributed by atoms with van der Waals surface area (Å²) in [5, 5.41) is 5.79. The second-order valence-electron chi connectivity index (χ2n) is 4.48. The normalized spacial score (nSPS) is 12.7. The molecule has 0 aliphatic rings. The van der Waals surface area contributed by atoms with Crippen molar-refractivity contribution in [1.82, 2.24) is 10.3 Å². The summed E-state index contributed by atoms with van der Waals surface area (Å²) in [6.07, 6.45) is 2.53. The van der Waals surface area contributed by atoms with E-state index in [0.717, 1.165) is 23.5 Å². The zero-order chi connectivity index (χ0) is 13.5. The maximum atomic E-state index is 11.9. The van der Waals surface area contributed by atoms with E-state index in [9.17, 15) is 4.79 Å². The van der Waals surface area contributed by atoms with E-state index in [1.807, 2.05) is 5.38 Å². The molecule has 102 valence electrons. The maximum absolute atomic E-state index is 11.9. The summed E-state index contributed by atoms with van der Waals surface area (Å²) in [5.41, 5.74) is 0.845. The molecule has 1 rings (SSSR count). The second-order valence-corrected chi connectivity index (χ2v) is 5.69. The van der Waals surface area contributed by atoms with Gasteiger partial charge in [-0.25, -0.2) is 4.98 Å². The molecule has 0 aliphatic heterocycles. The van der Waals surface area contributed by atoms with E-state index in [0.29, 0.717) is 18.2 Å². The number of hydrogen-bond acceptors (Lipinski definition) is 3. The minimum Gasteiger partial charge on any atom is -0.353 e. The lowest BCUT2D eigenvalue weighted by Crippen LogP contribution is -2.38. The zero-order valence-corrected chi connectivity index (χ0v) is 12.8. The predicted molar refractivity (Wildman–Crippen MR) is 77.1 cm³/mol. The molecule has 0 radical (unpaired) electrons. The average molecular weight is 289 g/mol. The first-order chi connectivity index (χ1) is 8.60. The van der Waals surface area contributed by atoms with Gasteiger partial charge in [0.1, 0.15) is 5.01 Å². The van der Waals surface area contributed by atoms with E-state index in [-0.39, 0.29) is 11.9 Å². The van der Waals surface area contributed by atoms with Gasteiger partial charge in [-0.05, 0) is 12.8 Å². The number of amides is 1. The van der Waals surface area contributed by atoms with Crippen LogP contribution in [-0.4, -0.2) is 16.9 Å². The molecule has 1 amide bonds. The molecular formula is C13H21ClN2OS. The topological polar surface area (TPSA) is 42.0 Å². The summed E-state index contributed by atoms with van der Waals surface area (Å²) in [7, 11) is 0. The molecule has 1 aromatic heterocycles. The lowest BCUT2D eigenvalue weighted by atomic mass is 9.95. The Kier molecular flexibility index (Phi) is 6.65. The van der Waals surface area contributed by atoms with Gasteiger partial charge in [0.15, 0.2) is 0 Å². The van der Waals surface area contributed by atoms with Crippen molar-refractivity contribution in [2.75, 3.05) is 0 Å². The molecule has 0 bridgehead atoms. The summed E-state index contributed by atoms with van der Waals surface area (Å²) in [5.74, 6) is 0.996. The highest BCUT2D eigenvalue weighted by molar-refractivity contribution is 7.09. The number of nitrogens with one attached hydrogen (secondary N) is 1. The number of nitrogens with zero attached hydrogens (tertiary/aromatic N) is 1. The van der Waals surface area contributed by atoms with Crippen molar-refractivity contribution in [3.05, 3.63) is 16.1 Å². The number of aromatic nitrogens is 1. The Hall–Kier alpha value is -0.610. The van der Waals surface area contributed by atoms with Gasteiger partial charge >= 0.3 is 0 Å². The van der Waals surface area contributed by atoms with Crippen LogP contribution in [0, 0.1) is 5.92 Å². The van der Waals surface area contributed by atoms with E-state index in [4.69, 9.17) is 11.6 Å². The van der Waals surface area contributed by atoms with Gasteiger partial charge in [-0.3, -0.25) is 4.79 Å². The molecule has 3 nitrogen and oxygen atoms in total. The molecule has 1 unspecified atom stereocenters. The van der Waals surface area contributed by atoms with E-state index >= 15 is 0 Å². The molecule has 1 heterocycles. The molecular weight excluding hydrogens is 268 g/mol. The minimum atomic E-state index is 0.0462. The summed E-state index contributed by atoms with van der Waals surface area (Å²) in [4.78, 5) is 16.2. The van der Waals surface area contributed by atoms with Gasteiger partial charge in [-0.15, -0.1) is 22.9 Å². The van der Waals surface area contributed by atoms with Crippen LogP contribution in [0.5, 0.6) is 0 Å². The summed E-state index contributed by atoms with van der Waals surface area (Å²) in [6, 6.07) is 0.222. The van der Waals surface area contributed by atoms with Crippen LogP contribution in [0.2, 0.25) is 0 Å². The van der Waals surface area contributed by atoms with Crippen molar-refractivity contribution in [2.24, 2.45) is 5.92 Å². The monoisotopic (exact) mass is 288 g/mol. The molecule has 18 heavy (non-hydrogen) atoms. The molecule has 0 saturated carbocycles. The van der Waals surface area contributed by atoms with E-state index in [2.05, 4.69) is 31.1 Å². The molecule has 0 saturated heterocycles. The maximum Gasteiger partial charge on any atom is 0.227 e. The SMILES string of the molecule is CCC(CC)C(C)NC(=O)Cc1nc(CCl)cs1. The lowest BCUT2D eigenvalue weighted by Gasteiger charge is -2.22. The van der Waals surface area contributed by atoms with E-state index in [1.54, 1.807) is 0 Å². The van der Waals surface area contributed by atoms with Crippen molar-refractivity contribution in [3.8, 4) is 0 Å². The van der Waals surface area contributed by atoms with Gasteiger partial charge in [0, 0.05) is 11.4 Å². The minimum absolute atomic E-state index is 0.0462. The van der Waals surface area contributed by atoms with Crippen LogP contribution in [0.25, 0.3) is 0 Å². The molecule has 5 heteroatoms. The molecule has 1 atom stereocenters. The Morgan fingerprint density at radius 1 is 1.50 bits per heavy atom. The van der Waals surface area contributed by atoms with Crippen LogP contribution in [-0.2, 0) is 17.1 Å². The van der Waals surface area contributed by atoms with Gasteiger partial charge in [-0.1, -0.05) is 26.7 Å². The Morgan fingerprint density at radius 3 is 2.67 bits per heavy atom. The van der Waals surface area contributed by atoms with Crippen LogP contribution < -0.4 is 5.32 Å². The molecule has 0 aromatic carbocycles. The fourth-order valence-electron chi connectivity index (χ4n) is 2.05. The number of hydrogen-bond donors (Lipinski definition) is 1. The van der Waals surface area contributed by atoms with Crippen molar-refractivity contribution < 1.29 is 4.79 Å². The fourth-order valence-corrected chi connectivity index (χ4v) is 3.07. The first-order valence-electron chi connectivity index (χ1n) is 6.39. The second kappa shape index (κ2) is 7.74. The Balaban J connectivity index is 2.46. The molecule has 0 spiro atoms. The number of carbonyl (C=O) groups is 1. The van der Waals surface area contributed by atoms with Crippen LogP contribution in [0.1, 0.15) is 44.3 Å². The number of thiazole rings is 1. The van der Waals surface area contributed by atoms with Gasteiger partial charge in [0.2, 0.25) is 5.91 Å². The van der Waals surface area contributed by atoms with Crippen LogP contribution >= 0.6 is 22.9 Å². The molecule has 1 aromatic rings. The van der Waals surface area contributed by atoms with Gasteiger partial charge < -0.3 is 5.32 Å². The summed E-state index contributed by atoms with van der Waals surface area (Å²) < 4.78 is 0. The summed E-state index contributed by atoms with van der Waals surface area (Å²) >= 11 is 7.18. The van der Waals surface area contributed by atoms with Crippen LogP contribution in [0.3, 0.4) is 0 Å². The van der Waals surface area contributed by atoms with Crippen molar-refractivity contribution in [2.45, 2.75) is 52.0 Å². The van der Waals surface area contributed by atoms with Gasteiger partial charge in [0.05, 0.1) is 18.0 Å². The third-order valence-corrected chi connectivity index (χ3v) is 4.36. The molecule has 0 aliphatic carbocycles.